The molecule has 0 spiro atoms. The molecule has 0 fully saturated rings. The molecule has 0 saturated heterocycles. The lowest BCUT2D eigenvalue weighted by atomic mass is 10.2. The Balaban J connectivity index is 2.37. The van der Waals surface area contributed by atoms with Crippen LogP contribution in [0.15, 0.2) is 21.0 Å². The van der Waals surface area contributed by atoms with Crippen LogP contribution in [0.5, 0.6) is 0 Å². The minimum atomic E-state index is -5.86. The summed E-state index contributed by atoms with van der Waals surface area (Å²) in [7, 11) is 1.69. The summed E-state index contributed by atoms with van der Waals surface area (Å²) in [6.45, 7) is 0. The average Bonchev–Trinajstić information content (AvgIpc) is 3.06. The Morgan fingerprint density at radius 3 is 1.18 bits per heavy atom. The second kappa shape index (κ2) is 6.89. The Hall–Kier alpha value is -1.84. The molecule has 0 atom stereocenters. The molecule has 2 rings (SSSR count). The third-order valence-corrected chi connectivity index (χ3v) is 5.24. The van der Waals surface area contributed by atoms with Gasteiger partial charge in [-0.1, -0.05) is 0 Å². The Bertz CT molecular complexity index is 821. The monoisotopic (exact) mass is 462 g/mol. The van der Waals surface area contributed by atoms with E-state index in [-0.39, 0.29) is 0 Å². The Morgan fingerprint density at radius 2 is 0.929 bits per heavy atom. The highest BCUT2D eigenvalue weighted by molar-refractivity contribution is 7.13. The van der Waals surface area contributed by atoms with Gasteiger partial charge in [-0.25, -0.2) is 9.13 Å². The van der Waals surface area contributed by atoms with Crippen LogP contribution in [0.3, 0.4) is 0 Å². The van der Waals surface area contributed by atoms with Gasteiger partial charge in [0.25, 0.3) is 0 Å². The maximum Gasteiger partial charge on any atom is 0.462 e. The van der Waals surface area contributed by atoms with Crippen molar-refractivity contribution in [2.75, 3.05) is 0 Å². The summed E-state index contributed by atoms with van der Waals surface area (Å²) in [6.07, 6.45) is -11.7. The SMILES string of the molecule is C[n+]1c(C(F)(F)C(F)(F)F)csc1/N=N/c1scc(C(F)(F)C(F)(F)F)[n+]1C. The van der Waals surface area contributed by atoms with Crippen molar-refractivity contribution in [1.82, 2.24) is 0 Å². The molecular formula is C12H8F10N4S2+2. The molecule has 0 bridgehead atoms. The van der Waals surface area contributed by atoms with Crippen LogP contribution >= 0.6 is 22.7 Å². The van der Waals surface area contributed by atoms with Gasteiger partial charge in [0.05, 0.1) is 14.1 Å². The van der Waals surface area contributed by atoms with Gasteiger partial charge in [0.1, 0.15) is 0 Å². The van der Waals surface area contributed by atoms with E-state index >= 15 is 0 Å². The third kappa shape index (κ3) is 3.70. The fourth-order valence-corrected chi connectivity index (χ4v) is 3.60. The average molecular weight is 462 g/mol. The zero-order valence-corrected chi connectivity index (χ0v) is 15.2. The van der Waals surface area contributed by atoms with Gasteiger partial charge >= 0.3 is 34.5 Å². The first-order chi connectivity index (χ1) is 12.5. The smallest absolute Gasteiger partial charge is 0.211 e. The highest BCUT2D eigenvalue weighted by atomic mass is 32.1. The molecule has 0 amide bonds. The summed E-state index contributed by atoms with van der Waals surface area (Å²) in [4.78, 5) is 0. The highest BCUT2D eigenvalue weighted by Gasteiger charge is 2.63. The maximum atomic E-state index is 13.4. The van der Waals surface area contributed by atoms with Crippen molar-refractivity contribution in [3.05, 3.63) is 22.1 Å². The summed E-state index contributed by atoms with van der Waals surface area (Å²) in [5.41, 5.74) is -2.86. The summed E-state index contributed by atoms with van der Waals surface area (Å²) < 4.78 is 129. The van der Waals surface area contributed by atoms with Gasteiger partial charge in [0, 0.05) is 10.8 Å². The summed E-state index contributed by atoms with van der Waals surface area (Å²) in [6, 6.07) is 0. The number of thiazole rings is 2. The molecule has 2 heterocycles. The lowest BCUT2D eigenvalue weighted by Crippen LogP contribution is -2.44. The van der Waals surface area contributed by atoms with Gasteiger partial charge in [-0.2, -0.15) is 43.9 Å². The van der Waals surface area contributed by atoms with Gasteiger partial charge in [0.2, 0.25) is 10.2 Å². The minimum absolute atomic E-state index is 0.351. The van der Waals surface area contributed by atoms with Gasteiger partial charge in [-0.3, -0.25) is 0 Å². The van der Waals surface area contributed by atoms with Gasteiger partial charge < -0.3 is 0 Å². The summed E-state index contributed by atoms with van der Waals surface area (Å²) in [5, 5.41) is 6.81. The number of azo groups is 1. The molecule has 2 aromatic rings. The van der Waals surface area contributed by atoms with E-state index in [1.54, 1.807) is 0 Å². The van der Waals surface area contributed by atoms with E-state index in [4.69, 9.17) is 0 Å². The first-order valence-electron chi connectivity index (χ1n) is 6.78. The molecule has 28 heavy (non-hydrogen) atoms. The Labute approximate surface area is 157 Å². The number of alkyl halides is 10. The van der Waals surface area contributed by atoms with Crippen LogP contribution in [-0.4, -0.2) is 12.4 Å². The number of aromatic nitrogens is 2. The molecule has 4 nitrogen and oxygen atoms in total. The van der Waals surface area contributed by atoms with Crippen molar-refractivity contribution in [2.45, 2.75) is 24.2 Å². The molecule has 0 radical (unpaired) electrons. The lowest BCUT2D eigenvalue weighted by Gasteiger charge is -2.16. The molecule has 0 saturated carbocycles. The van der Waals surface area contributed by atoms with Crippen LogP contribution in [0.1, 0.15) is 11.4 Å². The van der Waals surface area contributed by atoms with Crippen molar-refractivity contribution >= 4 is 32.9 Å². The van der Waals surface area contributed by atoms with E-state index in [0.717, 1.165) is 14.1 Å². The van der Waals surface area contributed by atoms with E-state index in [1.807, 2.05) is 0 Å². The molecule has 0 aliphatic heterocycles. The van der Waals surface area contributed by atoms with Crippen molar-refractivity contribution in [1.29, 1.82) is 0 Å². The number of hydrogen-bond acceptors (Lipinski definition) is 4. The van der Waals surface area contributed by atoms with E-state index < -0.39 is 45.8 Å². The molecular weight excluding hydrogens is 454 g/mol. The van der Waals surface area contributed by atoms with Crippen LogP contribution in [-0.2, 0) is 25.9 Å². The van der Waals surface area contributed by atoms with Crippen LogP contribution < -0.4 is 9.13 Å². The topological polar surface area (TPSA) is 32.5 Å². The van der Waals surface area contributed by atoms with Gasteiger partial charge in [0.15, 0.2) is 11.4 Å². The number of halogens is 10. The lowest BCUT2D eigenvalue weighted by molar-refractivity contribution is -0.677. The second-order valence-corrected chi connectivity index (χ2v) is 6.94. The Morgan fingerprint density at radius 1 is 0.643 bits per heavy atom. The fraction of sp³-hybridized carbons (Fsp3) is 0.500. The predicted octanol–water partition coefficient (Wildman–Crippen LogP) is 5.18. The molecule has 16 heteroatoms. The van der Waals surface area contributed by atoms with Crippen molar-refractivity contribution in [3.63, 3.8) is 0 Å². The Kier molecular flexibility index (Phi) is 5.53. The zero-order valence-electron chi connectivity index (χ0n) is 13.5. The number of nitrogens with zero attached hydrogens (tertiary/aromatic N) is 4. The molecule has 0 aromatic carbocycles. The van der Waals surface area contributed by atoms with Crippen molar-refractivity contribution < 1.29 is 53.0 Å². The van der Waals surface area contributed by atoms with E-state index in [9.17, 15) is 43.9 Å². The van der Waals surface area contributed by atoms with E-state index in [1.165, 1.54) is 0 Å². The normalized spacial score (nSPS) is 14.3. The first kappa shape index (κ1) is 22.4. The van der Waals surface area contributed by atoms with Crippen LogP contribution in [0.2, 0.25) is 0 Å². The van der Waals surface area contributed by atoms with Crippen molar-refractivity contribution in [3.8, 4) is 0 Å². The largest absolute Gasteiger partial charge is 0.462 e. The zero-order chi connectivity index (χ0) is 21.7. The maximum absolute atomic E-state index is 13.4. The van der Waals surface area contributed by atoms with E-state index in [0.29, 0.717) is 42.6 Å². The van der Waals surface area contributed by atoms with Gasteiger partial charge in [-0.15, -0.1) is 0 Å². The quantitative estimate of drug-likeness (QED) is 0.341. The predicted molar refractivity (Wildman–Crippen MR) is 75.1 cm³/mol. The molecule has 0 aliphatic carbocycles. The highest BCUT2D eigenvalue weighted by Crippen LogP contribution is 2.45. The number of hydrogen-bond donors (Lipinski definition) is 0. The molecule has 0 aliphatic rings. The fourth-order valence-electron chi connectivity index (χ4n) is 1.87. The van der Waals surface area contributed by atoms with Crippen molar-refractivity contribution in [2.24, 2.45) is 24.3 Å². The summed E-state index contributed by atoms with van der Waals surface area (Å²) in [5.74, 6) is -10.4. The number of rotatable bonds is 4. The molecule has 2 aromatic heterocycles. The van der Waals surface area contributed by atoms with Gasteiger partial charge in [-0.05, 0) is 22.7 Å². The van der Waals surface area contributed by atoms with Crippen LogP contribution in [0, 0.1) is 0 Å². The van der Waals surface area contributed by atoms with Crippen LogP contribution in [0.4, 0.5) is 54.2 Å². The van der Waals surface area contributed by atoms with Crippen LogP contribution in [0.25, 0.3) is 0 Å². The summed E-state index contributed by atoms with van der Waals surface area (Å²) >= 11 is 0.701. The minimum Gasteiger partial charge on any atom is -0.211 e. The molecule has 0 unspecified atom stereocenters. The standard InChI is InChI=1S/C12H8F10N4S2/c1-25-5(9(13,14)11(17,18)19)3-27-7(25)23-24-8-26(2)6(4-28-8)10(15,16)12(20,21)22/h3-4H,1-2H3/q+2. The first-order valence-corrected chi connectivity index (χ1v) is 8.54. The van der Waals surface area contributed by atoms with E-state index in [2.05, 4.69) is 10.2 Å². The third-order valence-electron chi connectivity index (χ3n) is 3.43. The second-order valence-electron chi connectivity index (χ2n) is 5.27. The molecule has 156 valence electrons. The molecule has 0 N–H and O–H groups in total.